The van der Waals surface area contributed by atoms with Gasteiger partial charge in [0, 0.05) is 6.07 Å². The van der Waals surface area contributed by atoms with E-state index >= 15 is 0 Å². The van der Waals surface area contributed by atoms with Gasteiger partial charge in [-0.2, -0.15) is 0 Å². The maximum Gasteiger partial charge on any atom is 0.316 e. The average Bonchev–Trinajstić information content (AvgIpc) is 2.16. The van der Waals surface area contributed by atoms with Gasteiger partial charge in [0.05, 0.1) is 18.4 Å². The molecule has 80 valence electrons. The summed E-state index contributed by atoms with van der Waals surface area (Å²) in [5, 5.41) is 2.29. The highest BCUT2D eigenvalue weighted by atomic mass is 16.5. The average molecular weight is 209 g/mol. The summed E-state index contributed by atoms with van der Waals surface area (Å²) in [6, 6.07) is 3.70. The number of urea groups is 1. The number of methoxy groups -OCH3 is 1. The Hall–Kier alpha value is -2.24. The van der Waals surface area contributed by atoms with Gasteiger partial charge in [-0.25, -0.2) is 4.79 Å². The van der Waals surface area contributed by atoms with Crippen molar-refractivity contribution in [1.29, 1.82) is 0 Å². The van der Waals surface area contributed by atoms with Crippen LogP contribution in [-0.2, 0) is 0 Å². The van der Waals surface area contributed by atoms with Crippen LogP contribution in [0.4, 0.5) is 10.5 Å². The van der Waals surface area contributed by atoms with Crippen LogP contribution >= 0.6 is 0 Å². The van der Waals surface area contributed by atoms with Crippen LogP contribution in [0.3, 0.4) is 0 Å². The van der Waals surface area contributed by atoms with E-state index in [2.05, 4.69) is 5.32 Å². The van der Waals surface area contributed by atoms with Gasteiger partial charge in [0.25, 0.3) is 5.91 Å². The van der Waals surface area contributed by atoms with Gasteiger partial charge < -0.3 is 21.5 Å². The summed E-state index contributed by atoms with van der Waals surface area (Å²) in [5.41, 5.74) is 10.5. The van der Waals surface area contributed by atoms with E-state index in [1.165, 1.54) is 19.2 Å². The number of nitrogens with two attached hydrogens (primary N) is 2. The molecule has 1 aromatic rings. The second kappa shape index (κ2) is 4.32. The van der Waals surface area contributed by atoms with Crippen molar-refractivity contribution in [1.82, 2.24) is 0 Å². The maximum absolute atomic E-state index is 11.0. The molecule has 0 saturated carbocycles. The lowest BCUT2D eigenvalue weighted by Crippen LogP contribution is -2.22. The predicted octanol–water partition coefficient (Wildman–Crippen LogP) is 0.285. The fraction of sp³-hybridized carbons (Fsp3) is 0.111. The van der Waals surface area contributed by atoms with Crippen molar-refractivity contribution in [2.75, 3.05) is 12.4 Å². The molecule has 0 unspecified atom stereocenters. The predicted molar refractivity (Wildman–Crippen MR) is 54.7 cm³/mol. The molecule has 1 aromatic carbocycles. The summed E-state index contributed by atoms with van der Waals surface area (Å²) in [7, 11) is 1.47. The molecule has 0 aromatic heterocycles. The highest BCUT2D eigenvalue weighted by molar-refractivity contribution is 6.02. The van der Waals surface area contributed by atoms with Gasteiger partial charge in [0.15, 0.2) is 0 Å². The highest BCUT2D eigenvalue weighted by Crippen LogP contribution is 2.21. The number of amides is 3. The first kappa shape index (κ1) is 10.8. The Bertz CT molecular complexity index is 404. The molecule has 0 bridgehead atoms. The summed E-state index contributed by atoms with van der Waals surface area (Å²) in [5.74, 6) is -0.162. The fourth-order valence-electron chi connectivity index (χ4n) is 1.10. The van der Waals surface area contributed by atoms with E-state index in [1.807, 2.05) is 0 Å². The number of carbonyl (C=O) groups is 2. The smallest absolute Gasteiger partial charge is 0.316 e. The molecule has 0 spiro atoms. The Labute approximate surface area is 86.2 Å². The molecule has 15 heavy (non-hydrogen) atoms. The largest absolute Gasteiger partial charge is 0.497 e. The first-order valence-electron chi connectivity index (χ1n) is 4.09. The van der Waals surface area contributed by atoms with E-state index in [9.17, 15) is 9.59 Å². The monoisotopic (exact) mass is 209 g/mol. The molecule has 0 aliphatic rings. The molecule has 3 amide bonds. The van der Waals surface area contributed by atoms with Crippen LogP contribution < -0.4 is 21.5 Å². The van der Waals surface area contributed by atoms with Gasteiger partial charge in [0.2, 0.25) is 0 Å². The first-order chi connectivity index (χ1) is 7.04. The van der Waals surface area contributed by atoms with Crippen LogP contribution in [0.1, 0.15) is 10.4 Å². The summed E-state index contributed by atoms with van der Waals surface area (Å²) in [4.78, 5) is 21.7. The Morgan fingerprint density at radius 1 is 1.33 bits per heavy atom. The van der Waals surface area contributed by atoms with Crippen LogP contribution in [-0.4, -0.2) is 19.0 Å². The lowest BCUT2D eigenvalue weighted by Gasteiger charge is -2.08. The van der Waals surface area contributed by atoms with E-state index in [0.29, 0.717) is 5.75 Å². The van der Waals surface area contributed by atoms with Crippen molar-refractivity contribution >= 4 is 17.6 Å². The molecular weight excluding hydrogens is 198 g/mol. The van der Waals surface area contributed by atoms with Gasteiger partial charge in [0.1, 0.15) is 5.75 Å². The second-order valence-electron chi connectivity index (χ2n) is 2.77. The first-order valence-corrected chi connectivity index (χ1v) is 4.09. The second-order valence-corrected chi connectivity index (χ2v) is 2.77. The van der Waals surface area contributed by atoms with E-state index < -0.39 is 11.9 Å². The molecule has 6 nitrogen and oxygen atoms in total. The number of ether oxygens (including phenoxy) is 1. The Morgan fingerprint density at radius 2 is 2.00 bits per heavy atom. The lowest BCUT2D eigenvalue weighted by molar-refractivity contribution is 0.100. The van der Waals surface area contributed by atoms with Crippen LogP contribution in [0, 0.1) is 0 Å². The molecule has 0 aliphatic heterocycles. The highest BCUT2D eigenvalue weighted by Gasteiger charge is 2.10. The molecule has 0 aliphatic carbocycles. The van der Waals surface area contributed by atoms with Crippen molar-refractivity contribution in [3.8, 4) is 5.75 Å². The summed E-state index contributed by atoms with van der Waals surface area (Å²) < 4.78 is 4.93. The summed E-state index contributed by atoms with van der Waals surface area (Å²) in [6.07, 6.45) is 0. The maximum atomic E-state index is 11.0. The molecule has 0 fully saturated rings. The van der Waals surface area contributed by atoms with E-state index in [-0.39, 0.29) is 11.3 Å². The van der Waals surface area contributed by atoms with Gasteiger partial charge in [-0.15, -0.1) is 0 Å². The standard InChI is InChI=1S/C9H11N3O3/c1-15-5-2-3-6(8(10)13)7(4-5)12-9(11)14/h2-4H,1H3,(H2,10,13)(H3,11,12,14). The third-order valence-electron chi connectivity index (χ3n) is 1.75. The molecule has 5 N–H and O–H groups in total. The van der Waals surface area contributed by atoms with Crippen molar-refractivity contribution in [2.45, 2.75) is 0 Å². The minimum atomic E-state index is -0.772. The Kier molecular flexibility index (Phi) is 3.12. The number of nitrogens with one attached hydrogen (secondary N) is 1. The van der Waals surface area contributed by atoms with Crippen LogP contribution in [0.5, 0.6) is 5.75 Å². The minimum Gasteiger partial charge on any atom is -0.497 e. The fourth-order valence-corrected chi connectivity index (χ4v) is 1.10. The molecule has 0 atom stereocenters. The normalized spacial score (nSPS) is 9.40. The Morgan fingerprint density at radius 3 is 2.47 bits per heavy atom. The van der Waals surface area contributed by atoms with Gasteiger partial charge in [-0.3, -0.25) is 4.79 Å². The number of rotatable bonds is 3. The molecule has 6 heteroatoms. The van der Waals surface area contributed by atoms with Crippen molar-refractivity contribution in [3.63, 3.8) is 0 Å². The van der Waals surface area contributed by atoms with Crippen LogP contribution in [0.25, 0.3) is 0 Å². The molecule has 0 heterocycles. The van der Waals surface area contributed by atoms with Gasteiger partial charge in [-0.1, -0.05) is 0 Å². The zero-order valence-electron chi connectivity index (χ0n) is 8.11. The number of primary amides is 2. The van der Waals surface area contributed by atoms with Crippen molar-refractivity contribution in [2.24, 2.45) is 11.5 Å². The number of hydrogen-bond acceptors (Lipinski definition) is 3. The van der Waals surface area contributed by atoms with E-state index in [4.69, 9.17) is 16.2 Å². The number of hydrogen-bond donors (Lipinski definition) is 3. The van der Waals surface area contributed by atoms with Crippen LogP contribution in [0.2, 0.25) is 0 Å². The zero-order chi connectivity index (χ0) is 11.4. The number of benzene rings is 1. The van der Waals surface area contributed by atoms with Gasteiger partial charge >= 0.3 is 6.03 Å². The number of carbonyl (C=O) groups excluding carboxylic acids is 2. The third kappa shape index (κ3) is 2.60. The quantitative estimate of drug-likeness (QED) is 0.665. The molecule has 0 saturated heterocycles. The summed E-state index contributed by atoms with van der Waals surface area (Å²) in [6.45, 7) is 0. The molecule has 1 rings (SSSR count). The molecule has 0 radical (unpaired) electrons. The van der Waals surface area contributed by atoms with E-state index in [1.54, 1.807) is 6.07 Å². The SMILES string of the molecule is COc1ccc(C(N)=O)c(NC(N)=O)c1. The summed E-state index contributed by atoms with van der Waals surface area (Å²) >= 11 is 0. The minimum absolute atomic E-state index is 0.176. The van der Waals surface area contributed by atoms with Crippen molar-refractivity contribution < 1.29 is 14.3 Å². The van der Waals surface area contributed by atoms with Gasteiger partial charge in [-0.05, 0) is 12.1 Å². The topological polar surface area (TPSA) is 107 Å². The Balaban J connectivity index is 3.16. The van der Waals surface area contributed by atoms with E-state index in [0.717, 1.165) is 0 Å². The third-order valence-corrected chi connectivity index (χ3v) is 1.75. The zero-order valence-corrected chi connectivity index (χ0v) is 8.11. The number of anilines is 1. The lowest BCUT2D eigenvalue weighted by atomic mass is 10.1. The van der Waals surface area contributed by atoms with Crippen LogP contribution in [0.15, 0.2) is 18.2 Å². The van der Waals surface area contributed by atoms with Crippen molar-refractivity contribution in [3.05, 3.63) is 23.8 Å². The molecular formula is C9H11N3O3.